The van der Waals surface area contributed by atoms with Crippen LogP contribution in [0.15, 0.2) is 53.7 Å². The van der Waals surface area contributed by atoms with E-state index in [4.69, 9.17) is 14.2 Å². The van der Waals surface area contributed by atoms with Crippen LogP contribution < -0.4 is 30.2 Å². The van der Waals surface area contributed by atoms with Crippen LogP contribution in [0.2, 0.25) is 0 Å². The van der Waals surface area contributed by atoms with Crippen LogP contribution in [0, 0.1) is 0 Å². The third kappa shape index (κ3) is 3.32. The number of allylic oxidation sites excluding steroid dienone is 1. The van der Waals surface area contributed by atoms with Crippen LogP contribution in [-0.2, 0) is 4.79 Å². The summed E-state index contributed by atoms with van der Waals surface area (Å²) in [5, 5.41) is 8.32. The Morgan fingerprint density at radius 1 is 1.14 bits per heavy atom. The maximum absolute atomic E-state index is 13.0. The van der Waals surface area contributed by atoms with Gasteiger partial charge in [0, 0.05) is 11.4 Å². The van der Waals surface area contributed by atoms with Crippen molar-refractivity contribution in [3.63, 3.8) is 0 Å². The van der Waals surface area contributed by atoms with Gasteiger partial charge in [-0.3, -0.25) is 4.79 Å². The molecule has 8 heteroatoms. The molecule has 0 aliphatic carbocycles. The first-order chi connectivity index (χ1) is 13.5. The molecular formula is C20H19N3O5. The summed E-state index contributed by atoms with van der Waals surface area (Å²) in [5.74, 6) is 1.59. The van der Waals surface area contributed by atoms with Crippen LogP contribution >= 0.6 is 0 Å². The number of methoxy groups -OCH3 is 1. The zero-order chi connectivity index (χ0) is 19.7. The fourth-order valence-corrected chi connectivity index (χ4v) is 3.21. The van der Waals surface area contributed by atoms with E-state index in [1.54, 1.807) is 56.5 Å². The van der Waals surface area contributed by atoms with Gasteiger partial charge >= 0.3 is 6.03 Å². The van der Waals surface area contributed by atoms with Crippen molar-refractivity contribution in [1.82, 2.24) is 10.6 Å². The summed E-state index contributed by atoms with van der Waals surface area (Å²) >= 11 is 0. The van der Waals surface area contributed by atoms with Gasteiger partial charge < -0.3 is 30.2 Å². The topological polar surface area (TPSA) is 97.9 Å². The van der Waals surface area contributed by atoms with Crippen molar-refractivity contribution in [3.8, 4) is 17.2 Å². The lowest BCUT2D eigenvalue weighted by molar-refractivity contribution is -0.113. The van der Waals surface area contributed by atoms with E-state index >= 15 is 0 Å². The van der Waals surface area contributed by atoms with E-state index in [2.05, 4.69) is 16.0 Å². The average Bonchev–Trinajstić information content (AvgIpc) is 3.15. The van der Waals surface area contributed by atoms with E-state index in [9.17, 15) is 9.59 Å². The fraction of sp³-hybridized carbons (Fsp3) is 0.200. The lowest BCUT2D eigenvalue weighted by atomic mass is 9.94. The molecule has 2 aliphatic heterocycles. The third-order valence-corrected chi connectivity index (χ3v) is 4.59. The van der Waals surface area contributed by atoms with Crippen LogP contribution in [-0.4, -0.2) is 25.8 Å². The van der Waals surface area contributed by atoms with Gasteiger partial charge in [-0.1, -0.05) is 6.07 Å². The molecule has 0 radical (unpaired) electrons. The molecule has 1 unspecified atom stereocenters. The number of hydrogen-bond acceptors (Lipinski definition) is 5. The van der Waals surface area contributed by atoms with Crippen LogP contribution in [0.5, 0.6) is 17.2 Å². The zero-order valence-electron chi connectivity index (χ0n) is 15.4. The van der Waals surface area contributed by atoms with Gasteiger partial charge in [0.1, 0.15) is 5.75 Å². The molecule has 0 fully saturated rings. The van der Waals surface area contributed by atoms with E-state index in [-0.39, 0.29) is 18.7 Å². The van der Waals surface area contributed by atoms with Crippen molar-refractivity contribution in [2.45, 2.75) is 13.0 Å². The third-order valence-electron chi connectivity index (χ3n) is 4.59. The molecular weight excluding hydrogens is 362 g/mol. The largest absolute Gasteiger partial charge is 0.497 e. The van der Waals surface area contributed by atoms with E-state index in [1.165, 1.54) is 0 Å². The van der Waals surface area contributed by atoms with Gasteiger partial charge in [0.2, 0.25) is 6.79 Å². The lowest BCUT2D eigenvalue weighted by Crippen LogP contribution is -2.45. The normalized spacial score (nSPS) is 17.6. The smallest absolute Gasteiger partial charge is 0.319 e. The molecule has 3 N–H and O–H groups in total. The number of benzene rings is 2. The van der Waals surface area contributed by atoms with Gasteiger partial charge in [0.25, 0.3) is 5.91 Å². The highest BCUT2D eigenvalue weighted by atomic mass is 16.7. The van der Waals surface area contributed by atoms with Crippen molar-refractivity contribution in [1.29, 1.82) is 0 Å². The zero-order valence-corrected chi connectivity index (χ0v) is 15.4. The Hall–Kier alpha value is -3.68. The van der Waals surface area contributed by atoms with Crippen molar-refractivity contribution in [2.24, 2.45) is 0 Å². The van der Waals surface area contributed by atoms with E-state index in [1.807, 2.05) is 0 Å². The Morgan fingerprint density at radius 3 is 2.64 bits per heavy atom. The van der Waals surface area contributed by atoms with Crippen LogP contribution in [0.1, 0.15) is 18.5 Å². The van der Waals surface area contributed by atoms with E-state index in [0.29, 0.717) is 34.2 Å². The summed E-state index contributed by atoms with van der Waals surface area (Å²) < 4.78 is 15.9. The minimum Gasteiger partial charge on any atom is -0.497 e. The summed E-state index contributed by atoms with van der Waals surface area (Å²) in [4.78, 5) is 25.0. The summed E-state index contributed by atoms with van der Waals surface area (Å²) in [5.41, 5.74) is 2.23. The Kier molecular flexibility index (Phi) is 4.52. The van der Waals surface area contributed by atoms with Crippen LogP contribution in [0.3, 0.4) is 0 Å². The SMILES string of the molecule is COc1ccc(NC(=O)C2=C(C)NC(=O)NC2c2ccc3c(c2)OCO3)cc1. The number of urea groups is 1. The number of anilines is 1. The minimum atomic E-state index is -0.624. The molecule has 144 valence electrons. The average molecular weight is 381 g/mol. The molecule has 0 saturated heterocycles. The predicted molar refractivity (Wildman–Crippen MR) is 101 cm³/mol. The van der Waals surface area contributed by atoms with Gasteiger partial charge in [-0.2, -0.15) is 0 Å². The molecule has 0 saturated carbocycles. The molecule has 2 aromatic rings. The lowest BCUT2D eigenvalue weighted by Gasteiger charge is -2.28. The first-order valence-corrected chi connectivity index (χ1v) is 8.68. The van der Waals surface area contributed by atoms with Gasteiger partial charge in [-0.25, -0.2) is 4.79 Å². The molecule has 2 heterocycles. The highest BCUT2D eigenvalue weighted by Crippen LogP contribution is 2.37. The minimum absolute atomic E-state index is 0.150. The van der Waals surface area contributed by atoms with Gasteiger partial charge in [0.15, 0.2) is 11.5 Å². The number of hydrogen-bond donors (Lipinski definition) is 3. The molecule has 2 aliphatic rings. The second-order valence-corrected chi connectivity index (χ2v) is 6.37. The Labute approximate surface area is 161 Å². The number of carbonyl (C=O) groups is 2. The monoisotopic (exact) mass is 381 g/mol. The fourth-order valence-electron chi connectivity index (χ4n) is 3.21. The van der Waals surface area contributed by atoms with Gasteiger partial charge in [0.05, 0.1) is 18.7 Å². The van der Waals surface area contributed by atoms with Crippen LogP contribution in [0.4, 0.5) is 10.5 Å². The van der Waals surface area contributed by atoms with Crippen molar-refractivity contribution >= 4 is 17.6 Å². The standard InChI is InChI=1S/C20H19N3O5/c1-11-17(19(24)22-13-4-6-14(26-2)7-5-13)18(23-20(25)21-11)12-3-8-15-16(9-12)28-10-27-15/h3-9,18H,10H2,1-2H3,(H,22,24)(H2,21,23,25). The van der Waals surface area contributed by atoms with Gasteiger partial charge in [-0.15, -0.1) is 0 Å². The first-order valence-electron chi connectivity index (χ1n) is 8.68. The molecule has 3 amide bonds. The van der Waals surface area contributed by atoms with Crippen molar-refractivity contribution < 1.29 is 23.8 Å². The van der Waals surface area contributed by atoms with Crippen LogP contribution in [0.25, 0.3) is 0 Å². The summed E-state index contributed by atoms with van der Waals surface area (Å²) in [6.45, 7) is 1.85. The number of nitrogens with one attached hydrogen (secondary N) is 3. The molecule has 4 rings (SSSR count). The summed E-state index contributed by atoms with van der Waals surface area (Å²) in [6, 6.07) is 11.3. The van der Waals surface area contributed by atoms with Crippen molar-refractivity contribution in [3.05, 3.63) is 59.3 Å². The quantitative estimate of drug-likeness (QED) is 0.756. The molecule has 8 nitrogen and oxygen atoms in total. The van der Waals surface area contributed by atoms with E-state index in [0.717, 1.165) is 5.56 Å². The second-order valence-electron chi connectivity index (χ2n) is 6.37. The molecule has 1 atom stereocenters. The number of fused-ring (bicyclic) bond motifs is 1. The maximum atomic E-state index is 13.0. The molecule has 28 heavy (non-hydrogen) atoms. The number of amides is 3. The Bertz CT molecular complexity index is 968. The molecule has 0 bridgehead atoms. The first kappa shape index (κ1) is 17.7. The maximum Gasteiger partial charge on any atom is 0.319 e. The highest BCUT2D eigenvalue weighted by Gasteiger charge is 2.32. The van der Waals surface area contributed by atoms with E-state index < -0.39 is 6.04 Å². The molecule has 0 spiro atoms. The van der Waals surface area contributed by atoms with Gasteiger partial charge in [-0.05, 0) is 48.9 Å². The summed E-state index contributed by atoms with van der Waals surface area (Å²) in [7, 11) is 1.58. The summed E-state index contributed by atoms with van der Waals surface area (Å²) in [6.07, 6.45) is 0. The number of ether oxygens (including phenoxy) is 3. The second kappa shape index (κ2) is 7.15. The Morgan fingerprint density at radius 2 is 1.89 bits per heavy atom. The van der Waals surface area contributed by atoms with Crippen molar-refractivity contribution in [2.75, 3.05) is 19.2 Å². The Balaban J connectivity index is 1.64. The number of rotatable bonds is 4. The number of carbonyl (C=O) groups excluding carboxylic acids is 2. The molecule has 2 aromatic carbocycles. The highest BCUT2D eigenvalue weighted by molar-refractivity contribution is 6.06. The molecule has 0 aromatic heterocycles. The predicted octanol–water partition coefficient (Wildman–Crippen LogP) is 2.69.